The molecular formula is C33H36BN3O4. The Bertz CT molecular complexity index is 1480. The van der Waals surface area contributed by atoms with Gasteiger partial charge in [0.2, 0.25) is 0 Å². The second-order valence-electron chi connectivity index (χ2n) is 11.9. The van der Waals surface area contributed by atoms with Gasteiger partial charge in [-0.15, -0.1) is 0 Å². The van der Waals surface area contributed by atoms with Gasteiger partial charge in [-0.25, -0.2) is 9.78 Å². The third-order valence-corrected chi connectivity index (χ3v) is 8.57. The molecule has 6 rings (SSSR count). The number of benzene rings is 3. The molecule has 0 radical (unpaired) electrons. The summed E-state index contributed by atoms with van der Waals surface area (Å²) in [5.74, 6) is 0.788. The zero-order valence-corrected chi connectivity index (χ0v) is 24.1. The summed E-state index contributed by atoms with van der Waals surface area (Å²) in [6.45, 7) is 9.19. The molecule has 2 aliphatic rings. The van der Waals surface area contributed by atoms with Crippen molar-refractivity contribution in [3.05, 3.63) is 96.4 Å². The van der Waals surface area contributed by atoms with Crippen LogP contribution < -0.4 is 5.46 Å². The molecule has 41 heavy (non-hydrogen) atoms. The number of nitrogens with zero attached hydrogens (tertiary/aromatic N) is 2. The van der Waals surface area contributed by atoms with Gasteiger partial charge in [0.05, 0.1) is 29.1 Å². The van der Waals surface area contributed by atoms with Crippen molar-refractivity contribution in [2.45, 2.75) is 64.4 Å². The number of aromatic nitrogens is 2. The van der Waals surface area contributed by atoms with E-state index in [-0.39, 0.29) is 37.1 Å². The Labute approximate surface area is 242 Å². The number of carbonyl (C=O) groups is 1. The quantitative estimate of drug-likeness (QED) is 0.277. The average Bonchev–Trinajstić information content (AvgIpc) is 3.70. The minimum Gasteiger partial charge on any atom is -0.445 e. The number of nitrogens with one attached hydrogen (secondary N) is 1. The Kier molecular flexibility index (Phi) is 7.22. The molecule has 0 unspecified atom stereocenters. The first kappa shape index (κ1) is 27.3. The van der Waals surface area contributed by atoms with Crippen LogP contribution in [-0.2, 0) is 20.7 Å². The summed E-state index contributed by atoms with van der Waals surface area (Å²) in [6, 6.07) is 26.4. The van der Waals surface area contributed by atoms with Gasteiger partial charge in [0.1, 0.15) is 12.4 Å². The molecule has 7 nitrogen and oxygen atoms in total. The second-order valence-corrected chi connectivity index (χ2v) is 11.9. The summed E-state index contributed by atoms with van der Waals surface area (Å²) in [4.78, 5) is 22.7. The fourth-order valence-electron chi connectivity index (χ4n) is 5.38. The fourth-order valence-corrected chi connectivity index (χ4v) is 5.38. The topological polar surface area (TPSA) is 76.7 Å². The van der Waals surface area contributed by atoms with Gasteiger partial charge in [-0.1, -0.05) is 78.9 Å². The molecule has 1 amide bonds. The molecule has 1 aromatic heterocycles. The highest BCUT2D eigenvalue weighted by Gasteiger charge is 2.51. The van der Waals surface area contributed by atoms with E-state index in [4.69, 9.17) is 14.0 Å². The number of aromatic amines is 1. The van der Waals surface area contributed by atoms with E-state index in [9.17, 15) is 4.79 Å². The van der Waals surface area contributed by atoms with Crippen LogP contribution in [-0.4, -0.2) is 45.8 Å². The average molecular weight is 549 g/mol. The highest BCUT2D eigenvalue weighted by atomic mass is 16.7. The lowest BCUT2D eigenvalue weighted by molar-refractivity contribution is 0.00578. The van der Waals surface area contributed by atoms with Crippen molar-refractivity contribution < 1.29 is 18.8 Å². The lowest BCUT2D eigenvalue weighted by atomic mass is 9.78. The Morgan fingerprint density at radius 3 is 2.20 bits per heavy atom. The molecule has 2 saturated heterocycles. The molecule has 1 atom stereocenters. The summed E-state index contributed by atoms with van der Waals surface area (Å²) in [6.07, 6.45) is 3.32. The normalized spacial score (nSPS) is 19.5. The van der Waals surface area contributed by atoms with Crippen LogP contribution >= 0.6 is 0 Å². The van der Waals surface area contributed by atoms with E-state index in [0.29, 0.717) is 6.54 Å². The first-order valence-corrected chi connectivity index (χ1v) is 14.3. The number of rotatable bonds is 6. The van der Waals surface area contributed by atoms with Crippen molar-refractivity contribution in [3.8, 4) is 22.4 Å². The Morgan fingerprint density at radius 2 is 1.54 bits per heavy atom. The van der Waals surface area contributed by atoms with Crippen molar-refractivity contribution in [2.24, 2.45) is 0 Å². The zero-order chi connectivity index (χ0) is 28.6. The number of amides is 1. The van der Waals surface area contributed by atoms with Gasteiger partial charge in [-0.3, -0.25) is 4.90 Å². The van der Waals surface area contributed by atoms with Crippen LogP contribution in [0.5, 0.6) is 0 Å². The van der Waals surface area contributed by atoms with Gasteiger partial charge in [-0.2, -0.15) is 0 Å². The Morgan fingerprint density at radius 1 is 0.927 bits per heavy atom. The predicted molar refractivity (Wildman–Crippen MR) is 160 cm³/mol. The van der Waals surface area contributed by atoms with Crippen molar-refractivity contribution in [1.82, 2.24) is 14.9 Å². The maximum atomic E-state index is 12.9. The van der Waals surface area contributed by atoms with Gasteiger partial charge < -0.3 is 19.0 Å². The smallest absolute Gasteiger partial charge is 0.445 e. The monoisotopic (exact) mass is 549 g/mol. The predicted octanol–water partition coefficient (Wildman–Crippen LogP) is 6.52. The minimum atomic E-state index is -0.368. The summed E-state index contributed by atoms with van der Waals surface area (Å²) < 4.78 is 18.0. The largest absolute Gasteiger partial charge is 0.494 e. The SMILES string of the molecule is CC1(C)OB(c2ccc(-c3ccc(-c4cnc([C@@H]5CCCN5C(=O)OCc5ccccc5)[nH]4)cc3)cc2)OC1(C)C. The van der Waals surface area contributed by atoms with Crippen LogP contribution in [0.4, 0.5) is 4.79 Å². The first-order valence-electron chi connectivity index (χ1n) is 14.3. The van der Waals surface area contributed by atoms with E-state index in [1.165, 1.54) is 0 Å². The summed E-state index contributed by atoms with van der Waals surface area (Å²) in [7, 11) is -0.368. The third-order valence-electron chi connectivity index (χ3n) is 8.57. The molecule has 0 spiro atoms. The molecule has 0 bridgehead atoms. The maximum Gasteiger partial charge on any atom is 0.494 e. The standard InChI is InChI=1S/C33H36BN3O4/c1-32(2)33(3,4)41-34(40-32)27-18-16-25(17-19-27)24-12-14-26(15-13-24)28-21-35-30(36-28)29-11-8-20-37(29)31(38)39-22-23-9-6-5-7-10-23/h5-7,9-10,12-19,21,29H,8,11,20,22H2,1-4H3,(H,35,36)/t29-/m0/s1. The molecule has 3 aromatic carbocycles. The Balaban J connectivity index is 1.10. The van der Waals surface area contributed by atoms with E-state index in [1.54, 1.807) is 4.90 Å². The maximum absolute atomic E-state index is 12.9. The minimum absolute atomic E-state index is 0.117. The van der Waals surface area contributed by atoms with Crippen molar-refractivity contribution in [1.29, 1.82) is 0 Å². The molecule has 1 N–H and O–H groups in total. The van der Waals surface area contributed by atoms with Crippen LogP contribution in [0.3, 0.4) is 0 Å². The fraction of sp³-hybridized carbons (Fsp3) is 0.333. The molecule has 2 fully saturated rings. The van der Waals surface area contributed by atoms with Gasteiger partial charge in [0.15, 0.2) is 0 Å². The van der Waals surface area contributed by atoms with Crippen LogP contribution in [0.2, 0.25) is 0 Å². The van der Waals surface area contributed by atoms with Crippen molar-refractivity contribution >= 4 is 18.7 Å². The molecule has 2 aliphatic heterocycles. The molecule has 3 heterocycles. The number of hydrogen-bond acceptors (Lipinski definition) is 5. The number of hydrogen-bond donors (Lipinski definition) is 1. The van der Waals surface area contributed by atoms with E-state index in [2.05, 4.69) is 86.2 Å². The molecule has 0 saturated carbocycles. The van der Waals surface area contributed by atoms with Gasteiger partial charge in [0.25, 0.3) is 0 Å². The van der Waals surface area contributed by atoms with E-state index < -0.39 is 0 Å². The molecule has 210 valence electrons. The van der Waals surface area contributed by atoms with E-state index >= 15 is 0 Å². The molecule has 8 heteroatoms. The number of carbonyl (C=O) groups excluding carboxylic acids is 1. The summed E-state index contributed by atoms with van der Waals surface area (Å²) >= 11 is 0. The van der Waals surface area contributed by atoms with E-state index in [0.717, 1.165) is 52.1 Å². The highest BCUT2D eigenvalue weighted by molar-refractivity contribution is 6.62. The van der Waals surface area contributed by atoms with Crippen molar-refractivity contribution in [2.75, 3.05) is 6.54 Å². The summed E-state index contributed by atoms with van der Waals surface area (Å²) in [5.41, 5.74) is 5.47. The van der Waals surface area contributed by atoms with Crippen molar-refractivity contribution in [3.63, 3.8) is 0 Å². The van der Waals surface area contributed by atoms with Crippen LogP contribution in [0.1, 0.15) is 58.0 Å². The zero-order valence-electron chi connectivity index (χ0n) is 24.1. The number of imidazole rings is 1. The van der Waals surface area contributed by atoms with Gasteiger partial charge in [0, 0.05) is 6.54 Å². The third kappa shape index (κ3) is 5.54. The summed E-state index contributed by atoms with van der Waals surface area (Å²) in [5, 5.41) is 0. The van der Waals surface area contributed by atoms with Gasteiger partial charge in [-0.05, 0) is 68.3 Å². The lowest BCUT2D eigenvalue weighted by Crippen LogP contribution is -2.41. The lowest BCUT2D eigenvalue weighted by Gasteiger charge is -2.32. The van der Waals surface area contributed by atoms with E-state index in [1.807, 2.05) is 36.5 Å². The number of H-pyrrole nitrogens is 1. The first-order chi connectivity index (χ1) is 19.7. The molecule has 4 aromatic rings. The van der Waals surface area contributed by atoms with Crippen LogP contribution in [0, 0.1) is 0 Å². The second kappa shape index (κ2) is 10.8. The van der Waals surface area contributed by atoms with Gasteiger partial charge >= 0.3 is 13.2 Å². The molecule has 0 aliphatic carbocycles. The number of likely N-dealkylation sites (tertiary alicyclic amines) is 1. The number of ether oxygens (including phenoxy) is 1. The van der Waals surface area contributed by atoms with Crippen LogP contribution in [0.15, 0.2) is 85.1 Å². The molecular weight excluding hydrogens is 513 g/mol. The highest BCUT2D eigenvalue weighted by Crippen LogP contribution is 2.37. The van der Waals surface area contributed by atoms with Crippen LogP contribution in [0.25, 0.3) is 22.4 Å². The Hall–Kier alpha value is -3.88.